The molecule has 0 saturated heterocycles. The Morgan fingerprint density at radius 2 is 1.88 bits per heavy atom. The van der Waals surface area contributed by atoms with Crippen molar-refractivity contribution in [3.8, 4) is 0 Å². The molecule has 1 N–H and O–H groups in total. The summed E-state index contributed by atoms with van der Waals surface area (Å²) in [4.78, 5) is 16.4. The molecule has 0 aliphatic carbocycles. The highest BCUT2D eigenvalue weighted by atomic mass is 32.2. The number of benzene rings is 1. The number of nitrogens with one attached hydrogen (secondary N) is 1. The molecular formula is C16H21N3O4S. The fourth-order valence-electron chi connectivity index (χ4n) is 2.07. The van der Waals surface area contributed by atoms with Gasteiger partial charge in [0.1, 0.15) is 0 Å². The zero-order chi connectivity index (χ0) is 17.6. The molecule has 0 unspecified atom stereocenters. The SMILES string of the molecule is CCCc1noc(CCC(=O)Nc2ccc(S(=O)(=O)CC)cc2)n1. The summed E-state index contributed by atoms with van der Waals surface area (Å²) in [6.07, 6.45) is 2.26. The Kier molecular flexibility index (Phi) is 6.08. The van der Waals surface area contributed by atoms with Gasteiger partial charge in [0.2, 0.25) is 11.8 Å². The predicted molar refractivity (Wildman–Crippen MR) is 89.4 cm³/mol. The van der Waals surface area contributed by atoms with E-state index in [1.54, 1.807) is 19.1 Å². The Balaban J connectivity index is 1.87. The number of hydrogen-bond acceptors (Lipinski definition) is 6. The molecule has 1 aromatic carbocycles. The molecular weight excluding hydrogens is 330 g/mol. The Morgan fingerprint density at radius 1 is 1.17 bits per heavy atom. The maximum absolute atomic E-state index is 11.9. The fraction of sp³-hybridized carbons (Fsp3) is 0.438. The van der Waals surface area contributed by atoms with Crippen molar-refractivity contribution >= 4 is 21.4 Å². The topological polar surface area (TPSA) is 102 Å². The number of aryl methyl sites for hydroxylation is 2. The molecule has 1 aromatic heterocycles. The Hall–Kier alpha value is -2.22. The second-order valence-corrected chi connectivity index (χ2v) is 7.61. The summed E-state index contributed by atoms with van der Waals surface area (Å²) in [6, 6.07) is 6.13. The average molecular weight is 351 g/mol. The lowest BCUT2D eigenvalue weighted by Crippen LogP contribution is -2.12. The van der Waals surface area contributed by atoms with E-state index in [2.05, 4.69) is 15.5 Å². The number of aromatic nitrogens is 2. The number of nitrogens with zero attached hydrogens (tertiary/aromatic N) is 2. The van der Waals surface area contributed by atoms with Crippen LogP contribution < -0.4 is 5.32 Å². The van der Waals surface area contributed by atoms with Crippen LogP contribution in [0.1, 0.15) is 38.4 Å². The first kappa shape index (κ1) is 18.1. The molecule has 0 atom stereocenters. The van der Waals surface area contributed by atoms with Crippen molar-refractivity contribution in [2.75, 3.05) is 11.1 Å². The van der Waals surface area contributed by atoms with E-state index in [-0.39, 0.29) is 23.0 Å². The van der Waals surface area contributed by atoms with Crippen LogP contribution in [0, 0.1) is 0 Å². The van der Waals surface area contributed by atoms with Crippen molar-refractivity contribution in [3.63, 3.8) is 0 Å². The monoisotopic (exact) mass is 351 g/mol. The standard InChI is InChI=1S/C16H21N3O4S/c1-3-5-14-18-16(23-19-14)11-10-15(20)17-12-6-8-13(9-7-12)24(21,22)4-2/h6-9H,3-5,10-11H2,1-2H3,(H,17,20). The lowest BCUT2D eigenvalue weighted by atomic mass is 10.2. The third-order valence-corrected chi connectivity index (χ3v) is 5.18. The van der Waals surface area contributed by atoms with Crippen molar-refractivity contribution in [3.05, 3.63) is 36.0 Å². The number of anilines is 1. The smallest absolute Gasteiger partial charge is 0.227 e. The van der Waals surface area contributed by atoms with Crippen LogP contribution in [0.5, 0.6) is 0 Å². The van der Waals surface area contributed by atoms with E-state index in [0.717, 1.165) is 12.8 Å². The molecule has 1 heterocycles. The van der Waals surface area contributed by atoms with Gasteiger partial charge in [0.05, 0.1) is 10.6 Å². The van der Waals surface area contributed by atoms with Gasteiger partial charge in [-0.2, -0.15) is 4.98 Å². The van der Waals surface area contributed by atoms with Crippen LogP contribution in [0.4, 0.5) is 5.69 Å². The Labute approximate surface area is 141 Å². The fourth-order valence-corrected chi connectivity index (χ4v) is 2.96. The number of hydrogen-bond donors (Lipinski definition) is 1. The minimum Gasteiger partial charge on any atom is -0.339 e. The van der Waals surface area contributed by atoms with Gasteiger partial charge >= 0.3 is 0 Å². The van der Waals surface area contributed by atoms with E-state index in [9.17, 15) is 13.2 Å². The van der Waals surface area contributed by atoms with Gasteiger partial charge in [-0.3, -0.25) is 4.79 Å². The first-order valence-electron chi connectivity index (χ1n) is 7.88. The molecule has 7 nitrogen and oxygen atoms in total. The van der Waals surface area contributed by atoms with Crippen molar-refractivity contribution in [2.45, 2.75) is 44.4 Å². The molecule has 0 aliphatic heterocycles. The second kappa shape index (κ2) is 8.05. The lowest BCUT2D eigenvalue weighted by Gasteiger charge is -2.06. The minimum absolute atomic E-state index is 0.0446. The van der Waals surface area contributed by atoms with E-state index in [4.69, 9.17) is 4.52 Å². The molecule has 1 amide bonds. The quantitative estimate of drug-likeness (QED) is 0.783. The van der Waals surface area contributed by atoms with Crippen LogP contribution in [-0.4, -0.2) is 30.2 Å². The molecule has 8 heteroatoms. The Morgan fingerprint density at radius 3 is 2.50 bits per heavy atom. The molecule has 2 aromatic rings. The van der Waals surface area contributed by atoms with Crippen LogP contribution in [0.3, 0.4) is 0 Å². The van der Waals surface area contributed by atoms with Gasteiger partial charge in [0, 0.05) is 24.9 Å². The normalized spacial score (nSPS) is 11.4. The molecule has 0 aliphatic rings. The molecule has 130 valence electrons. The minimum atomic E-state index is -3.23. The summed E-state index contributed by atoms with van der Waals surface area (Å²) < 4.78 is 28.5. The van der Waals surface area contributed by atoms with Gasteiger partial charge < -0.3 is 9.84 Å². The van der Waals surface area contributed by atoms with Gasteiger partial charge in [0.15, 0.2) is 15.7 Å². The highest BCUT2D eigenvalue weighted by molar-refractivity contribution is 7.91. The van der Waals surface area contributed by atoms with E-state index < -0.39 is 9.84 Å². The summed E-state index contributed by atoms with van der Waals surface area (Å²) in [5.41, 5.74) is 0.548. The molecule has 0 saturated carbocycles. The molecule has 0 radical (unpaired) electrons. The molecule has 0 bridgehead atoms. The zero-order valence-electron chi connectivity index (χ0n) is 13.8. The highest BCUT2D eigenvalue weighted by Gasteiger charge is 2.12. The van der Waals surface area contributed by atoms with E-state index >= 15 is 0 Å². The number of carbonyl (C=O) groups excluding carboxylic acids is 1. The number of rotatable bonds is 8. The maximum atomic E-state index is 11.9. The summed E-state index contributed by atoms with van der Waals surface area (Å²) in [6.45, 7) is 3.62. The zero-order valence-corrected chi connectivity index (χ0v) is 14.6. The molecule has 0 fully saturated rings. The van der Waals surface area contributed by atoms with Gasteiger partial charge in [0.25, 0.3) is 0 Å². The summed E-state index contributed by atoms with van der Waals surface area (Å²) >= 11 is 0. The van der Waals surface area contributed by atoms with Gasteiger partial charge in [-0.25, -0.2) is 8.42 Å². The number of carbonyl (C=O) groups is 1. The van der Waals surface area contributed by atoms with Crippen LogP contribution in [0.15, 0.2) is 33.7 Å². The largest absolute Gasteiger partial charge is 0.339 e. The van der Waals surface area contributed by atoms with Crippen molar-refractivity contribution in [2.24, 2.45) is 0 Å². The van der Waals surface area contributed by atoms with Crippen molar-refractivity contribution in [1.82, 2.24) is 10.1 Å². The third-order valence-electron chi connectivity index (χ3n) is 3.43. The van der Waals surface area contributed by atoms with Gasteiger partial charge in [-0.1, -0.05) is 19.0 Å². The van der Waals surface area contributed by atoms with Crippen LogP contribution in [0.2, 0.25) is 0 Å². The molecule has 2 rings (SSSR count). The lowest BCUT2D eigenvalue weighted by molar-refractivity contribution is -0.116. The third kappa shape index (κ3) is 4.89. The first-order chi connectivity index (χ1) is 11.4. The highest BCUT2D eigenvalue weighted by Crippen LogP contribution is 2.15. The van der Waals surface area contributed by atoms with Crippen molar-refractivity contribution in [1.29, 1.82) is 0 Å². The van der Waals surface area contributed by atoms with E-state index in [1.165, 1.54) is 12.1 Å². The van der Waals surface area contributed by atoms with E-state index in [1.807, 2.05) is 6.92 Å². The number of amides is 1. The first-order valence-corrected chi connectivity index (χ1v) is 9.54. The summed E-state index contributed by atoms with van der Waals surface area (Å²) in [5.74, 6) is 0.943. The van der Waals surface area contributed by atoms with Crippen LogP contribution in [-0.2, 0) is 27.5 Å². The molecule has 0 spiro atoms. The van der Waals surface area contributed by atoms with Crippen molar-refractivity contribution < 1.29 is 17.7 Å². The van der Waals surface area contributed by atoms with Crippen LogP contribution >= 0.6 is 0 Å². The maximum Gasteiger partial charge on any atom is 0.227 e. The van der Waals surface area contributed by atoms with E-state index in [0.29, 0.717) is 23.8 Å². The molecule has 24 heavy (non-hydrogen) atoms. The summed E-state index contributed by atoms with van der Waals surface area (Å²) in [7, 11) is -3.23. The Bertz CT molecular complexity index is 782. The van der Waals surface area contributed by atoms with Crippen LogP contribution in [0.25, 0.3) is 0 Å². The predicted octanol–water partition coefficient (Wildman–Crippen LogP) is 2.39. The van der Waals surface area contributed by atoms with Gasteiger partial charge in [-0.05, 0) is 30.7 Å². The van der Waals surface area contributed by atoms with Gasteiger partial charge in [-0.15, -0.1) is 0 Å². The second-order valence-electron chi connectivity index (χ2n) is 5.33. The number of sulfone groups is 1. The summed E-state index contributed by atoms with van der Waals surface area (Å²) in [5, 5.41) is 6.55. The average Bonchev–Trinajstić information content (AvgIpc) is 3.01.